The largest absolute Gasteiger partial charge is 0.394 e. The number of carbonyl (C=O) groups is 1. The molecule has 1 aliphatic heterocycles. The van der Waals surface area contributed by atoms with Crippen LogP contribution in [-0.4, -0.2) is 48.1 Å². The Balaban J connectivity index is 2.50. The number of aliphatic hydroxyl groups is 2. The van der Waals surface area contributed by atoms with Gasteiger partial charge >= 0.3 is 0 Å². The molecule has 5 heteroatoms. The minimum Gasteiger partial charge on any atom is -0.394 e. The van der Waals surface area contributed by atoms with Crippen LogP contribution in [0, 0.1) is 5.92 Å². The van der Waals surface area contributed by atoms with E-state index >= 15 is 0 Å². The van der Waals surface area contributed by atoms with Crippen molar-refractivity contribution < 1.29 is 19.7 Å². The highest BCUT2D eigenvalue weighted by molar-refractivity contribution is 5.79. The molecule has 1 amide bonds. The molecule has 1 saturated heterocycles. The quantitative estimate of drug-likeness (QED) is 0.605. The van der Waals surface area contributed by atoms with E-state index in [1.807, 2.05) is 6.92 Å². The number of hydrogen-bond acceptors (Lipinski definition) is 4. The zero-order valence-corrected chi connectivity index (χ0v) is 9.69. The molecule has 0 radical (unpaired) electrons. The summed E-state index contributed by atoms with van der Waals surface area (Å²) in [7, 11) is 0. The molecule has 0 saturated carbocycles. The smallest absolute Gasteiger partial charge is 0.226 e. The van der Waals surface area contributed by atoms with E-state index in [4.69, 9.17) is 14.9 Å². The predicted molar refractivity (Wildman–Crippen MR) is 58.9 cm³/mol. The van der Waals surface area contributed by atoms with Gasteiger partial charge in [-0.15, -0.1) is 0 Å². The zero-order valence-electron chi connectivity index (χ0n) is 9.69. The van der Waals surface area contributed by atoms with Crippen LogP contribution in [0.4, 0.5) is 0 Å². The summed E-state index contributed by atoms with van der Waals surface area (Å²) in [4.78, 5) is 11.9. The first-order chi connectivity index (χ1) is 7.72. The first-order valence-corrected chi connectivity index (χ1v) is 5.86. The molecule has 1 heterocycles. The van der Waals surface area contributed by atoms with Crippen LogP contribution in [0.5, 0.6) is 0 Å². The molecule has 3 N–H and O–H groups in total. The van der Waals surface area contributed by atoms with Crippen molar-refractivity contribution in [1.82, 2.24) is 5.32 Å². The van der Waals surface area contributed by atoms with E-state index in [0.717, 1.165) is 19.3 Å². The first kappa shape index (κ1) is 13.4. The fourth-order valence-corrected chi connectivity index (χ4v) is 2.00. The molecule has 1 rings (SSSR count). The van der Waals surface area contributed by atoms with Crippen molar-refractivity contribution in [1.29, 1.82) is 0 Å². The van der Waals surface area contributed by atoms with Gasteiger partial charge in [-0.1, -0.05) is 6.92 Å². The van der Waals surface area contributed by atoms with Crippen molar-refractivity contribution >= 4 is 5.91 Å². The molecule has 1 fully saturated rings. The molecule has 0 aliphatic carbocycles. The second-order valence-corrected chi connectivity index (χ2v) is 4.14. The third-order valence-electron chi connectivity index (χ3n) is 2.97. The number of aliphatic hydroxyl groups excluding tert-OH is 2. The molecule has 16 heavy (non-hydrogen) atoms. The second kappa shape index (κ2) is 6.83. The van der Waals surface area contributed by atoms with Gasteiger partial charge in [-0.25, -0.2) is 0 Å². The molecule has 94 valence electrons. The van der Waals surface area contributed by atoms with Crippen molar-refractivity contribution in [2.45, 2.75) is 38.3 Å². The molecule has 0 aromatic rings. The Kier molecular flexibility index (Phi) is 5.73. The van der Waals surface area contributed by atoms with Crippen molar-refractivity contribution in [3.05, 3.63) is 0 Å². The summed E-state index contributed by atoms with van der Waals surface area (Å²) < 4.78 is 5.52. The summed E-state index contributed by atoms with van der Waals surface area (Å²) in [5, 5.41) is 20.4. The lowest BCUT2D eigenvalue weighted by Gasteiger charge is -2.31. The maximum Gasteiger partial charge on any atom is 0.226 e. The number of ether oxygens (including phenoxy) is 1. The third-order valence-corrected chi connectivity index (χ3v) is 2.97. The van der Waals surface area contributed by atoms with Gasteiger partial charge in [0.2, 0.25) is 5.91 Å². The van der Waals surface area contributed by atoms with E-state index in [2.05, 4.69) is 5.32 Å². The van der Waals surface area contributed by atoms with Crippen LogP contribution < -0.4 is 5.32 Å². The van der Waals surface area contributed by atoms with Gasteiger partial charge in [-0.2, -0.15) is 0 Å². The van der Waals surface area contributed by atoms with Gasteiger partial charge in [0, 0.05) is 6.61 Å². The maximum absolute atomic E-state index is 11.9. The van der Waals surface area contributed by atoms with Gasteiger partial charge in [-0.05, 0) is 19.3 Å². The van der Waals surface area contributed by atoms with E-state index < -0.39 is 6.04 Å². The average molecular weight is 231 g/mol. The molecule has 0 spiro atoms. The maximum atomic E-state index is 11.9. The van der Waals surface area contributed by atoms with Crippen molar-refractivity contribution in [2.24, 2.45) is 5.92 Å². The average Bonchev–Trinajstić information content (AvgIpc) is 2.35. The van der Waals surface area contributed by atoms with Gasteiger partial charge in [0.25, 0.3) is 0 Å². The number of amides is 1. The lowest BCUT2D eigenvalue weighted by Crippen LogP contribution is -2.47. The molecule has 1 aliphatic rings. The fraction of sp³-hybridized carbons (Fsp3) is 0.909. The third kappa shape index (κ3) is 3.43. The summed E-state index contributed by atoms with van der Waals surface area (Å²) in [5.41, 5.74) is 0. The van der Waals surface area contributed by atoms with E-state index in [0.29, 0.717) is 6.61 Å². The first-order valence-electron chi connectivity index (χ1n) is 5.86. The summed E-state index contributed by atoms with van der Waals surface area (Å²) in [6.07, 6.45) is 2.47. The van der Waals surface area contributed by atoms with E-state index in [-0.39, 0.29) is 31.1 Å². The minimum absolute atomic E-state index is 0.0354. The van der Waals surface area contributed by atoms with Gasteiger partial charge in [-0.3, -0.25) is 4.79 Å². The Morgan fingerprint density at radius 3 is 2.75 bits per heavy atom. The van der Waals surface area contributed by atoms with Crippen molar-refractivity contribution in [3.8, 4) is 0 Å². The lowest BCUT2D eigenvalue weighted by atomic mass is 9.91. The summed E-state index contributed by atoms with van der Waals surface area (Å²) in [5.74, 6) is -0.279. The van der Waals surface area contributed by atoms with E-state index in [1.54, 1.807) is 0 Å². The van der Waals surface area contributed by atoms with Crippen LogP contribution in [0.1, 0.15) is 26.2 Å². The fourth-order valence-electron chi connectivity index (χ4n) is 2.00. The topological polar surface area (TPSA) is 78.8 Å². The van der Waals surface area contributed by atoms with Crippen molar-refractivity contribution in [2.75, 3.05) is 19.8 Å². The molecule has 5 nitrogen and oxygen atoms in total. The van der Waals surface area contributed by atoms with Gasteiger partial charge in [0.15, 0.2) is 0 Å². The summed E-state index contributed by atoms with van der Waals surface area (Å²) >= 11 is 0. The number of carbonyl (C=O) groups excluding carboxylic acids is 1. The molecular formula is C11H21NO4. The second-order valence-electron chi connectivity index (χ2n) is 4.14. The standard InChI is InChI=1S/C11H21NO4/c1-2-10-9(4-3-5-16-10)11(15)12-8(6-13)7-14/h8-10,13-14H,2-7H2,1H3,(H,12,15). The predicted octanol–water partition coefficient (Wildman–Crippen LogP) is -0.339. The Morgan fingerprint density at radius 2 is 2.19 bits per heavy atom. The lowest BCUT2D eigenvalue weighted by molar-refractivity contribution is -0.135. The van der Waals surface area contributed by atoms with Crippen LogP contribution in [0.3, 0.4) is 0 Å². The molecule has 2 unspecified atom stereocenters. The molecule has 2 atom stereocenters. The number of rotatable bonds is 5. The normalized spacial score (nSPS) is 25.8. The minimum atomic E-state index is -0.563. The van der Waals surface area contributed by atoms with Gasteiger partial charge < -0.3 is 20.3 Å². The van der Waals surface area contributed by atoms with Crippen LogP contribution in [0.25, 0.3) is 0 Å². The molecule has 0 aromatic carbocycles. The summed E-state index contributed by atoms with van der Waals surface area (Å²) in [6.45, 7) is 2.22. The Bertz CT molecular complexity index is 218. The summed E-state index contributed by atoms with van der Waals surface area (Å²) in [6, 6.07) is -0.563. The molecule has 0 aromatic heterocycles. The molecule has 0 bridgehead atoms. The van der Waals surface area contributed by atoms with Crippen LogP contribution >= 0.6 is 0 Å². The van der Waals surface area contributed by atoms with Crippen LogP contribution in [0.15, 0.2) is 0 Å². The monoisotopic (exact) mass is 231 g/mol. The Morgan fingerprint density at radius 1 is 1.50 bits per heavy atom. The van der Waals surface area contributed by atoms with E-state index in [1.165, 1.54) is 0 Å². The highest BCUT2D eigenvalue weighted by Crippen LogP contribution is 2.23. The van der Waals surface area contributed by atoms with Gasteiger partial charge in [0.1, 0.15) is 0 Å². The van der Waals surface area contributed by atoms with Crippen LogP contribution in [-0.2, 0) is 9.53 Å². The number of nitrogens with one attached hydrogen (secondary N) is 1. The number of hydrogen-bond donors (Lipinski definition) is 3. The van der Waals surface area contributed by atoms with Crippen LogP contribution in [0.2, 0.25) is 0 Å². The Hall–Kier alpha value is -0.650. The Labute approximate surface area is 95.8 Å². The molecular weight excluding hydrogens is 210 g/mol. The van der Waals surface area contributed by atoms with E-state index in [9.17, 15) is 4.79 Å². The SMILES string of the molecule is CCC1OCCCC1C(=O)NC(CO)CO. The zero-order chi connectivity index (χ0) is 12.0. The van der Waals surface area contributed by atoms with Gasteiger partial charge in [0.05, 0.1) is 31.3 Å². The van der Waals surface area contributed by atoms with Crippen molar-refractivity contribution in [3.63, 3.8) is 0 Å². The highest BCUT2D eigenvalue weighted by atomic mass is 16.5. The highest BCUT2D eigenvalue weighted by Gasteiger charge is 2.31.